The minimum absolute atomic E-state index is 0.131. The van der Waals surface area contributed by atoms with Crippen LogP contribution < -0.4 is 5.73 Å². The van der Waals surface area contributed by atoms with Crippen LogP contribution in [0.2, 0.25) is 0 Å². The van der Waals surface area contributed by atoms with Crippen LogP contribution in [0.4, 0.5) is 4.39 Å². The monoisotopic (exact) mass is 291 g/mol. The van der Waals surface area contributed by atoms with Crippen molar-refractivity contribution in [1.29, 1.82) is 5.26 Å². The molecule has 1 aromatic rings. The van der Waals surface area contributed by atoms with Crippen LogP contribution >= 0.6 is 0 Å². The molecule has 0 spiro atoms. The summed E-state index contributed by atoms with van der Waals surface area (Å²) in [4.78, 5) is 14.0. The van der Waals surface area contributed by atoms with E-state index in [0.29, 0.717) is 25.1 Å². The maximum Gasteiger partial charge on any atom is 0.245 e. The Labute approximate surface area is 123 Å². The molecule has 0 radical (unpaired) electrons. The van der Waals surface area contributed by atoms with Gasteiger partial charge in [-0.2, -0.15) is 5.26 Å². The van der Waals surface area contributed by atoms with Crippen molar-refractivity contribution in [3.05, 3.63) is 35.1 Å². The van der Waals surface area contributed by atoms with E-state index in [1.165, 1.54) is 23.1 Å². The van der Waals surface area contributed by atoms with E-state index < -0.39 is 11.4 Å². The third-order valence-electron chi connectivity index (χ3n) is 3.69. The summed E-state index contributed by atoms with van der Waals surface area (Å²) < 4.78 is 19.1. The average molecular weight is 291 g/mol. The molecular weight excluding hydrogens is 273 g/mol. The van der Waals surface area contributed by atoms with Gasteiger partial charge in [0.2, 0.25) is 5.91 Å². The van der Waals surface area contributed by atoms with Gasteiger partial charge in [-0.15, -0.1) is 0 Å². The number of nitriles is 1. The summed E-state index contributed by atoms with van der Waals surface area (Å²) in [6, 6.07) is 6.11. The zero-order valence-electron chi connectivity index (χ0n) is 11.9. The Morgan fingerprint density at radius 3 is 2.90 bits per heavy atom. The van der Waals surface area contributed by atoms with Crippen LogP contribution in [-0.2, 0) is 16.1 Å². The first-order valence-corrected chi connectivity index (χ1v) is 6.84. The van der Waals surface area contributed by atoms with Gasteiger partial charge in [0.1, 0.15) is 11.4 Å². The zero-order chi connectivity index (χ0) is 15.5. The lowest BCUT2D eigenvalue weighted by Crippen LogP contribution is -2.55. The Kier molecular flexibility index (Phi) is 4.56. The van der Waals surface area contributed by atoms with Crippen molar-refractivity contribution in [1.82, 2.24) is 4.90 Å². The number of amides is 1. The van der Waals surface area contributed by atoms with Gasteiger partial charge < -0.3 is 15.4 Å². The number of carbonyl (C=O) groups excluding carboxylic acids is 1. The fourth-order valence-electron chi connectivity index (χ4n) is 2.34. The van der Waals surface area contributed by atoms with Crippen molar-refractivity contribution in [2.75, 3.05) is 19.8 Å². The minimum atomic E-state index is -1.01. The molecule has 0 saturated carbocycles. The van der Waals surface area contributed by atoms with Crippen LogP contribution in [0.1, 0.15) is 24.5 Å². The number of hydrogen-bond acceptors (Lipinski definition) is 4. The highest BCUT2D eigenvalue weighted by atomic mass is 19.1. The second kappa shape index (κ2) is 6.20. The summed E-state index contributed by atoms with van der Waals surface area (Å²) in [5, 5.41) is 8.74. The van der Waals surface area contributed by atoms with Crippen LogP contribution in [0, 0.1) is 17.1 Å². The quantitative estimate of drug-likeness (QED) is 0.903. The van der Waals surface area contributed by atoms with Gasteiger partial charge in [0.15, 0.2) is 0 Å². The van der Waals surface area contributed by atoms with E-state index in [4.69, 9.17) is 15.7 Å². The molecule has 1 atom stereocenters. The van der Waals surface area contributed by atoms with Crippen LogP contribution in [0.15, 0.2) is 18.2 Å². The van der Waals surface area contributed by atoms with E-state index in [9.17, 15) is 9.18 Å². The Morgan fingerprint density at radius 2 is 2.38 bits per heavy atom. The highest BCUT2D eigenvalue weighted by molar-refractivity contribution is 5.86. The topological polar surface area (TPSA) is 79.4 Å². The average Bonchev–Trinajstić information content (AvgIpc) is 2.93. The molecule has 1 heterocycles. The first-order chi connectivity index (χ1) is 10.00. The molecule has 1 unspecified atom stereocenters. The molecule has 1 fully saturated rings. The molecule has 5 nitrogen and oxygen atoms in total. The number of hydrogen-bond donors (Lipinski definition) is 1. The van der Waals surface area contributed by atoms with Gasteiger partial charge in [-0.1, -0.05) is 6.07 Å². The van der Waals surface area contributed by atoms with Gasteiger partial charge in [-0.05, 0) is 25.5 Å². The molecule has 112 valence electrons. The second-order valence-electron chi connectivity index (χ2n) is 5.20. The summed E-state index contributed by atoms with van der Waals surface area (Å²) >= 11 is 0. The summed E-state index contributed by atoms with van der Waals surface area (Å²) in [6.45, 7) is 3.03. The molecular formula is C15H18FN3O2. The predicted molar refractivity (Wildman–Crippen MR) is 74.6 cm³/mol. The fraction of sp³-hybridized carbons (Fsp3) is 0.467. The number of halogens is 1. The Morgan fingerprint density at radius 1 is 1.62 bits per heavy atom. The SMILES string of the molecule is CCN(Cc1ccc(C#N)cc1F)C(=O)C1(N)CCOC1. The zero-order valence-corrected chi connectivity index (χ0v) is 11.9. The van der Waals surface area contributed by atoms with Gasteiger partial charge in [-0.25, -0.2) is 4.39 Å². The van der Waals surface area contributed by atoms with Gasteiger partial charge in [-0.3, -0.25) is 4.79 Å². The largest absolute Gasteiger partial charge is 0.379 e. The molecule has 1 saturated heterocycles. The summed E-state index contributed by atoms with van der Waals surface area (Å²) in [5.74, 6) is -0.722. The highest BCUT2D eigenvalue weighted by Crippen LogP contribution is 2.21. The Hall–Kier alpha value is -1.97. The smallest absolute Gasteiger partial charge is 0.245 e. The molecule has 1 aliphatic heterocycles. The predicted octanol–water partition coefficient (Wildman–Crippen LogP) is 1.16. The van der Waals surface area contributed by atoms with E-state index in [0.717, 1.165) is 0 Å². The van der Waals surface area contributed by atoms with E-state index in [2.05, 4.69) is 0 Å². The highest BCUT2D eigenvalue weighted by Gasteiger charge is 2.40. The van der Waals surface area contributed by atoms with Crippen LogP contribution in [0.25, 0.3) is 0 Å². The third kappa shape index (κ3) is 3.20. The second-order valence-corrected chi connectivity index (χ2v) is 5.20. The lowest BCUT2D eigenvalue weighted by molar-refractivity contribution is -0.137. The van der Waals surface area contributed by atoms with Crippen molar-refractivity contribution in [3.8, 4) is 6.07 Å². The number of nitrogens with zero attached hydrogens (tertiary/aromatic N) is 2. The normalized spacial score (nSPS) is 21.0. The Balaban J connectivity index is 2.16. The molecule has 1 amide bonds. The van der Waals surface area contributed by atoms with E-state index in [1.54, 1.807) is 0 Å². The van der Waals surface area contributed by atoms with E-state index >= 15 is 0 Å². The van der Waals surface area contributed by atoms with Crippen molar-refractivity contribution >= 4 is 5.91 Å². The first kappa shape index (κ1) is 15.4. The summed E-state index contributed by atoms with van der Waals surface area (Å²) in [5.41, 5.74) is 5.67. The lowest BCUT2D eigenvalue weighted by Gasteiger charge is -2.30. The molecule has 1 aromatic carbocycles. The molecule has 2 rings (SSSR count). The van der Waals surface area contributed by atoms with E-state index in [-0.39, 0.29) is 24.6 Å². The number of nitrogens with two attached hydrogens (primary N) is 1. The number of benzene rings is 1. The van der Waals surface area contributed by atoms with Crippen molar-refractivity contribution in [2.24, 2.45) is 5.73 Å². The summed E-state index contributed by atoms with van der Waals surface area (Å²) in [7, 11) is 0. The number of likely N-dealkylation sites (N-methyl/N-ethyl adjacent to an activating group) is 1. The third-order valence-corrected chi connectivity index (χ3v) is 3.69. The maximum absolute atomic E-state index is 13.9. The fourth-order valence-corrected chi connectivity index (χ4v) is 2.34. The lowest BCUT2D eigenvalue weighted by atomic mass is 9.98. The summed E-state index contributed by atoms with van der Waals surface area (Å²) in [6.07, 6.45) is 0.470. The van der Waals surface area contributed by atoms with Crippen LogP contribution in [-0.4, -0.2) is 36.1 Å². The van der Waals surface area contributed by atoms with Crippen molar-refractivity contribution in [2.45, 2.75) is 25.4 Å². The van der Waals surface area contributed by atoms with Gasteiger partial charge in [0, 0.05) is 25.3 Å². The van der Waals surface area contributed by atoms with E-state index in [1.807, 2.05) is 13.0 Å². The number of rotatable bonds is 4. The van der Waals surface area contributed by atoms with Gasteiger partial charge in [0.25, 0.3) is 0 Å². The molecule has 21 heavy (non-hydrogen) atoms. The van der Waals surface area contributed by atoms with Gasteiger partial charge in [0.05, 0.1) is 18.2 Å². The number of carbonyl (C=O) groups is 1. The minimum Gasteiger partial charge on any atom is -0.379 e. The van der Waals surface area contributed by atoms with Crippen molar-refractivity contribution in [3.63, 3.8) is 0 Å². The van der Waals surface area contributed by atoms with Gasteiger partial charge >= 0.3 is 0 Å². The maximum atomic E-state index is 13.9. The molecule has 0 aromatic heterocycles. The standard InChI is InChI=1S/C15H18FN3O2/c1-2-19(14(20)15(18)5-6-21-10-15)9-12-4-3-11(8-17)7-13(12)16/h3-4,7H,2,5-6,9-10,18H2,1H3. The Bertz CT molecular complexity index is 577. The molecule has 6 heteroatoms. The molecule has 0 aliphatic carbocycles. The molecule has 2 N–H and O–H groups in total. The van der Waals surface area contributed by atoms with Crippen LogP contribution in [0.5, 0.6) is 0 Å². The number of ether oxygens (including phenoxy) is 1. The first-order valence-electron chi connectivity index (χ1n) is 6.84. The molecule has 0 bridgehead atoms. The van der Waals surface area contributed by atoms with Crippen molar-refractivity contribution < 1.29 is 13.9 Å². The molecule has 1 aliphatic rings. The van der Waals surface area contributed by atoms with Crippen LogP contribution in [0.3, 0.4) is 0 Å².